The van der Waals surface area contributed by atoms with E-state index < -0.39 is 0 Å². The fourth-order valence-electron chi connectivity index (χ4n) is 3.50. The number of rotatable bonds is 3. The van der Waals surface area contributed by atoms with Gasteiger partial charge >= 0.3 is 0 Å². The molecule has 2 aliphatic rings. The minimum absolute atomic E-state index is 0.0838. The Morgan fingerprint density at radius 2 is 2.00 bits per heavy atom. The molecule has 0 saturated carbocycles. The van der Waals surface area contributed by atoms with Gasteiger partial charge in [-0.1, -0.05) is 18.6 Å². The Bertz CT molecular complexity index is 747. The highest BCUT2D eigenvalue weighted by Gasteiger charge is 2.25. The lowest BCUT2D eigenvalue weighted by molar-refractivity contribution is 0.0524. The van der Waals surface area contributed by atoms with E-state index in [2.05, 4.69) is 6.07 Å². The third-order valence-corrected chi connectivity index (χ3v) is 6.07. The number of aryl methyl sites for hydroxylation is 2. The monoisotopic (exact) mass is 357 g/mol. The summed E-state index contributed by atoms with van der Waals surface area (Å²) in [6.45, 7) is 0.991. The molecule has 0 unspecified atom stereocenters. The molecule has 132 valence electrons. The quantitative estimate of drug-likeness (QED) is 0.781. The summed E-state index contributed by atoms with van der Waals surface area (Å²) in [4.78, 5) is 16.8. The Labute approximate surface area is 152 Å². The topological polar surface area (TPSA) is 38.8 Å². The van der Waals surface area contributed by atoms with E-state index in [1.807, 2.05) is 31.3 Å². The summed E-state index contributed by atoms with van der Waals surface area (Å²) in [5.41, 5.74) is 1.38. The zero-order chi connectivity index (χ0) is 17.2. The molecule has 4 rings (SSSR count). The van der Waals surface area contributed by atoms with Crippen LogP contribution in [-0.2, 0) is 12.8 Å². The molecule has 5 heteroatoms. The highest BCUT2D eigenvalue weighted by molar-refractivity contribution is 7.14. The number of para-hydroxylation sites is 2. The molecule has 1 aromatic heterocycles. The Morgan fingerprint density at radius 1 is 1.20 bits per heavy atom. The molecule has 0 saturated heterocycles. The minimum Gasteiger partial charge on any atom is -0.486 e. The van der Waals surface area contributed by atoms with Crippen LogP contribution in [0.25, 0.3) is 0 Å². The lowest BCUT2D eigenvalue weighted by atomic mass is 10.1. The number of carbonyl (C=O) groups is 1. The highest BCUT2D eigenvalue weighted by atomic mass is 32.1. The van der Waals surface area contributed by atoms with Gasteiger partial charge in [-0.05, 0) is 49.4 Å². The van der Waals surface area contributed by atoms with Crippen molar-refractivity contribution in [3.8, 4) is 11.5 Å². The SMILES string of the molecule is CN(C[C@H]1COc2ccccc2O1)C(=O)c1cc2c(s1)CCCCC2. The van der Waals surface area contributed by atoms with Crippen LogP contribution in [0.1, 0.15) is 39.4 Å². The maximum Gasteiger partial charge on any atom is 0.263 e. The Kier molecular flexibility index (Phi) is 4.66. The number of nitrogens with zero attached hydrogens (tertiary/aromatic N) is 1. The predicted molar refractivity (Wildman–Crippen MR) is 98.9 cm³/mol. The van der Waals surface area contributed by atoms with Crippen LogP contribution >= 0.6 is 11.3 Å². The summed E-state index contributed by atoms with van der Waals surface area (Å²) in [7, 11) is 1.84. The molecule has 25 heavy (non-hydrogen) atoms. The average molecular weight is 357 g/mol. The van der Waals surface area contributed by atoms with Crippen molar-refractivity contribution in [3.05, 3.63) is 45.6 Å². The van der Waals surface area contributed by atoms with E-state index in [1.54, 1.807) is 16.2 Å². The van der Waals surface area contributed by atoms with Gasteiger partial charge in [0, 0.05) is 11.9 Å². The molecule has 1 aromatic carbocycles. The number of amides is 1. The molecule has 0 radical (unpaired) electrons. The van der Waals surface area contributed by atoms with E-state index in [9.17, 15) is 4.79 Å². The maximum atomic E-state index is 12.8. The van der Waals surface area contributed by atoms with Gasteiger partial charge in [-0.25, -0.2) is 0 Å². The summed E-state index contributed by atoms with van der Waals surface area (Å²) >= 11 is 1.67. The number of fused-ring (bicyclic) bond motifs is 2. The average Bonchev–Trinajstić information content (AvgIpc) is 2.91. The largest absolute Gasteiger partial charge is 0.486 e. The molecule has 2 heterocycles. The van der Waals surface area contributed by atoms with Crippen molar-refractivity contribution in [3.63, 3.8) is 0 Å². The molecular formula is C20H23NO3S. The highest BCUT2D eigenvalue weighted by Crippen LogP contribution is 2.32. The molecule has 1 aliphatic carbocycles. The fourth-order valence-corrected chi connectivity index (χ4v) is 4.75. The van der Waals surface area contributed by atoms with Crippen molar-refractivity contribution >= 4 is 17.2 Å². The lowest BCUT2D eigenvalue weighted by Crippen LogP contribution is -2.41. The molecule has 0 spiro atoms. The van der Waals surface area contributed by atoms with Gasteiger partial charge in [0.05, 0.1) is 11.4 Å². The zero-order valence-electron chi connectivity index (χ0n) is 14.5. The molecule has 4 nitrogen and oxygen atoms in total. The van der Waals surface area contributed by atoms with Gasteiger partial charge < -0.3 is 14.4 Å². The number of thiophene rings is 1. The normalized spacial score (nSPS) is 19.0. The third kappa shape index (κ3) is 3.52. The van der Waals surface area contributed by atoms with E-state index >= 15 is 0 Å². The number of hydrogen-bond acceptors (Lipinski definition) is 4. The number of hydrogen-bond donors (Lipinski definition) is 0. The first-order valence-electron chi connectivity index (χ1n) is 8.96. The molecule has 2 aromatic rings. The van der Waals surface area contributed by atoms with Gasteiger partial charge in [-0.2, -0.15) is 0 Å². The van der Waals surface area contributed by atoms with Crippen molar-refractivity contribution in [1.82, 2.24) is 4.90 Å². The number of benzene rings is 1. The first-order chi connectivity index (χ1) is 12.2. The molecule has 0 N–H and O–H groups in total. The van der Waals surface area contributed by atoms with E-state index in [4.69, 9.17) is 9.47 Å². The van der Waals surface area contributed by atoms with Crippen molar-refractivity contribution in [2.45, 2.75) is 38.2 Å². The van der Waals surface area contributed by atoms with Gasteiger partial charge in [0.25, 0.3) is 5.91 Å². The van der Waals surface area contributed by atoms with Crippen molar-refractivity contribution in [2.75, 3.05) is 20.2 Å². The van der Waals surface area contributed by atoms with Crippen LogP contribution in [0.2, 0.25) is 0 Å². The first kappa shape index (κ1) is 16.5. The third-order valence-electron chi connectivity index (χ3n) is 4.85. The molecule has 1 aliphatic heterocycles. The zero-order valence-corrected chi connectivity index (χ0v) is 15.3. The van der Waals surface area contributed by atoms with Crippen LogP contribution in [0.5, 0.6) is 11.5 Å². The smallest absolute Gasteiger partial charge is 0.263 e. The number of ether oxygens (including phenoxy) is 2. The standard InChI is InChI=1S/C20H23NO3S/c1-21(12-15-13-23-16-8-5-6-9-17(16)24-15)20(22)19-11-14-7-3-2-4-10-18(14)25-19/h5-6,8-9,11,15H,2-4,7,10,12-13H2,1H3/t15-/m0/s1. The van der Waals surface area contributed by atoms with E-state index in [0.717, 1.165) is 29.2 Å². The Morgan fingerprint density at radius 3 is 2.88 bits per heavy atom. The first-order valence-corrected chi connectivity index (χ1v) is 9.78. The van der Waals surface area contributed by atoms with Gasteiger partial charge in [0.2, 0.25) is 0 Å². The number of likely N-dealkylation sites (N-methyl/N-ethyl adjacent to an activating group) is 1. The molecule has 0 fully saturated rings. The van der Waals surface area contributed by atoms with E-state index in [0.29, 0.717) is 13.2 Å². The van der Waals surface area contributed by atoms with Gasteiger partial charge in [0.15, 0.2) is 17.6 Å². The lowest BCUT2D eigenvalue weighted by Gasteiger charge is -2.29. The van der Waals surface area contributed by atoms with Crippen LogP contribution in [-0.4, -0.2) is 37.1 Å². The van der Waals surface area contributed by atoms with Crippen molar-refractivity contribution in [2.24, 2.45) is 0 Å². The van der Waals surface area contributed by atoms with Gasteiger partial charge in [-0.3, -0.25) is 4.79 Å². The van der Waals surface area contributed by atoms with Crippen molar-refractivity contribution in [1.29, 1.82) is 0 Å². The van der Waals surface area contributed by atoms with Crippen LogP contribution < -0.4 is 9.47 Å². The van der Waals surface area contributed by atoms with Crippen LogP contribution in [0, 0.1) is 0 Å². The predicted octanol–water partition coefficient (Wildman–Crippen LogP) is 3.93. The minimum atomic E-state index is -0.137. The molecular weight excluding hydrogens is 334 g/mol. The second-order valence-corrected chi connectivity index (χ2v) is 7.94. The Hall–Kier alpha value is -2.01. The van der Waals surface area contributed by atoms with Crippen LogP contribution in [0.4, 0.5) is 0 Å². The Balaban J connectivity index is 1.41. The van der Waals surface area contributed by atoms with E-state index in [1.165, 1.54) is 29.7 Å². The van der Waals surface area contributed by atoms with Crippen LogP contribution in [0.15, 0.2) is 30.3 Å². The molecule has 0 bridgehead atoms. The van der Waals surface area contributed by atoms with Crippen molar-refractivity contribution < 1.29 is 14.3 Å². The summed E-state index contributed by atoms with van der Waals surface area (Å²) in [6, 6.07) is 9.77. The summed E-state index contributed by atoms with van der Waals surface area (Å²) in [5, 5.41) is 0. The van der Waals surface area contributed by atoms with Gasteiger partial charge in [-0.15, -0.1) is 11.3 Å². The second-order valence-electron chi connectivity index (χ2n) is 6.80. The van der Waals surface area contributed by atoms with Gasteiger partial charge in [0.1, 0.15) is 6.61 Å². The summed E-state index contributed by atoms with van der Waals surface area (Å²) in [5.74, 6) is 1.61. The molecule has 1 amide bonds. The second kappa shape index (κ2) is 7.08. The summed E-state index contributed by atoms with van der Waals surface area (Å²) in [6.07, 6.45) is 5.86. The fraction of sp³-hybridized carbons (Fsp3) is 0.450. The summed E-state index contributed by atoms with van der Waals surface area (Å²) < 4.78 is 11.7. The molecule has 1 atom stereocenters. The number of carbonyl (C=O) groups excluding carboxylic acids is 1. The van der Waals surface area contributed by atoms with Crippen LogP contribution in [0.3, 0.4) is 0 Å². The maximum absolute atomic E-state index is 12.8. The van der Waals surface area contributed by atoms with E-state index in [-0.39, 0.29) is 12.0 Å².